The van der Waals surface area contributed by atoms with Gasteiger partial charge in [0, 0.05) is 30.3 Å². The molecule has 1 aromatic rings. The highest BCUT2D eigenvalue weighted by Crippen LogP contribution is 2.28. The smallest absolute Gasteiger partial charge is 0.124 e. The van der Waals surface area contributed by atoms with Gasteiger partial charge in [-0.25, -0.2) is 0 Å². The first-order chi connectivity index (χ1) is 8.04. The molecule has 0 fully saturated rings. The number of benzene rings is 1. The fourth-order valence-corrected chi connectivity index (χ4v) is 1.90. The van der Waals surface area contributed by atoms with Crippen LogP contribution in [0.25, 0.3) is 0 Å². The van der Waals surface area contributed by atoms with Gasteiger partial charge in [-0.15, -0.1) is 0 Å². The van der Waals surface area contributed by atoms with Gasteiger partial charge in [0.25, 0.3) is 0 Å². The van der Waals surface area contributed by atoms with Crippen LogP contribution < -0.4 is 5.32 Å². The summed E-state index contributed by atoms with van der Waals surface area (Å²) < 4.78 is 0. The maximum Gasteiger partial charge on any atom is 0.124 e. The van der Waals surface area contributed by atoms with Gasteiger partial charge in [-0.1, -0.05) is 6.07 Å². The van der Waals surface area contributed by atoms with Crippen molar-refractivity contribution in [3.8, 4) is 11.5 Å². The lowest BCUT2D eigenvalue weighted by Gasteiger charge is -2.21. The van der Waals surface area contributed by atoms with E-state index >= 15 is 0 Å². The van der Waals surface area contributed by atoms with Gasteiger partial charge in [-0.3, -0.25) is 0 Å². The Hall–Kier alpha value is -1.26. The van der Waals surface area contributed by atoms with E-state index in [2.05, 4.69) is 5.32 Å². The predicted octanol–water partition coefficient (Wildman–Crippen LogP) is 1.91. The lowest BCUT2D eigenvalue weighted by atomic mass is 10.0. The molecule has 0 aliphatic heterocycles. The Morgan fingerprint density at radius 3 is 2.53 bits per heavy atom. The van der Waals surface area contributed by atoms with Crippen molar-refractivity contribution >= 4 is 0 Å². The summed E-state index contributed by atoms with van der Waals surface area (Å²) in [5.41, 5.74) is 0.763. The molecule has 0 spiro atoms. The number of aliphatic hydroxyl groups excluding tert-OH is 1. The summed E-state index contributed by atoms with van der Waals surface area (Å²) >= 11 is 0. The molecule has 0 aliphatic rings. The molecule has 1 rings (SSSR count). The summed E-state index contributed by atoms with van der Waals surface area (Å²) in [6.45, 7) is 4.20. The topological polar surface area (TPSA) is 72.7 Å². The SMILES string of the molecule is CC(CCCO)NC(C)c1ccc(O)cc1O. The molecule has 0 amide bonds. The number of phenols is 2. The number of rotatable bonds is 6. The van der Waals surface area contributed by atoms with Crippen molar-refractivity contribution in [2.45, 2.75) is 38.8 Å². The largest absolute Gasteiger partial charge is 0.508 e. The lowest BCUT2D eigenvalue weighted by molar-refractivity contribution is 0.274. The monoisotopic (exact) mass is 239 g/mol. The second-order valence-corrected chi connectivity index (χ2v) is 4.40. The highest BCUT2D eigenvalue weighted by atomic mass is 16.3. The van der Waals surface area contributed by atoms with Crippen LogP contribution >= 0.6 is 0 Å². The predicted molar refractivity (Wildman–Crippen MR) is 67.1 cm³/mol. The molecule has 0 bridgehead atoms. The van der Waals surface area contributed by atoms with Crippen LogP contribution in [0, 0.1) is 0 Å². The summed E-state index contributed by atoms with van der Waals surface area (Å²) in [5.74, 6) is 0.158. The maximum absolute atomic E-state index is 9.71. The summed E-state index contributed by atoms with van der Waals surface area (Å²) in [6, 6.07) is 4.88. The van der Waals surface area contributed by atoms with Crippen molar-refractivity contribution in [3.63, 3.8) is 0 Å². The van der Waals surface area contributed by atoms with Crippen molar-refractivity contribution in [3.05, 3.63) is 23.8 Å². The number of hydrogen-bond donors (Lipinski definition) is 4. The molecule has 4 N–H and O–H groups in total. The Kier molecular flexibility index (Phi) is 5.25. The molecule has 0 saturated carbocycles. The van der Waals surface area contributed by atoms with Gasteiger partial charge in [0.1, 0.15) is 11.5 Å². The summed E-state index contributed by atoms with van der Waals surface area (Å²) in [4.78, 5) is 0. The Labute approximate surface area is 102 Å². The zero-order chi connectivity index (χ0) is 12.8. The lowest BCUT2D eigenvalue weighted by Crippen LogP contribution is -2.29. The summed E-state index contributed by atoms with van der Waals surface area (Å²) in [7, 11) is 0. The Morgan fingerprint density at radius 1 is 1.24 bits per heavy atom. The van der Waals surface area contributed by atoms with E-state index in [1.54, 1.807) is 12.1 Å². The molecular formula is C13H21NO3. The van der Waals surface area contributed by atoms with E-state index in [9.17, 15) is 10.2 Å². The van der Waals surface area contributed by atoms with E-state index in [1.165, 1.54) is 6.07 Å². The van der Waals surface area contributed by atoms with E-state index in [1.807, 2.05) is 13.8 Å². The molecule has 2 unspecified atom stereocenters. The van der Waals surface area contributed by atoms with Crippen LogP contribution in [-0.2, 0) is 0 Å². The van der Waals surface area contributed by atoms with Crippen LogP contribution in [0.4, 0.5) is 0 Å². The Morgan fingerprint density at radius 2 is 1.94 bits per heavy atom. The van der Waals surface area contributed by atoms with E-state index in [0.29, 0.717) is 0 Å². The minimum absolute atomic E-state index is 0.00397. The zero-order valence-electron chi connectivity index (χ0n) is 10.3. The summed E-state index contributed by atoms with van der Waals surface area (Å²) in [5, 5.41) is 31.0. The molecule has 2 atom stereocenters. The highest BCUT2D eigenvalue weighted by molar-refractivity contribution is 5.40. The van der Waals surface area contributed by atoms with Gasteiger partial charge in [-0.05, 0) is 32.8 Å². The van der Waals surface area contributed by atoms with Gasteiger partial charge in [-0.2, -0.15) is 0 Å². The average Bonchev–Trinajstić information content (AvgIpc) is 2.26. The molecule has 0 saturated heterocycles. The highest BCUT2D eigenvalue weighted by Gasteiger charge is 2.13. The average molecular weight is 239 g/mol. The minimum atomic E-state index is 0.00397. The van der Waals surface area contributed by atoms with Gasteiger partial charge < -0.3 is 20.6 Å². The van der Waals surface area contributed by atoms with E-state index in [-0.39, 0.29) is 30.2 Å². The number of phenolic OH excluding ortho intramolecular Hbond substituents is 2. The van der Waals surface area contributed by atoms with Crippen LogP contribution in [0.3, 0.4) is 0 Å². The number of nitrogens with one attached hydrogen (secondary N) is 1. The quantitative estimate of drug-likeness (QED) is 0.612. The van der Waals surface area contributed by atoms with Crippen LogP contribution in [0.1, 0.15) is 38.3 Å². The summed E-state index contributed by atoms with van der Waals surface area (Å²) in [6.07, 6.45) is 1.65. The standard InChI is InChI=1S/C13H21NO3/c1-9(4-3-7-15)14-10(2)12-6-5-11(16)8-13(12)17/h5-6,8-10,14-17H,3-4,7H2,1-2H3. The van der Waals surface area contributed by atoms with E-state index in [0.717, 1.165) is 18.4 Å². The Bertz CT molecular complexity index is 355. The van der Waals surface area contributed by atoms with E-state index < -0.39 is 0 Å². The molecule has 0 heterocycles. The second-order valence-electron chi connectivity index (χ2n) is 4.40. The van der Waals surface area contributed by atoms with Crippen molar-refractivity contribution in [2.24, 2.45) is 0 Å². The molecule has 0 radical (unpaired) electrons. The van der Waals surface area contributed by atoms with E-state index in [4.69, 9.17) is 5.11 Å². The molecule has 0 aliphatic carbocycles. The molecule has 1 aromatic carbocycles. The van der Waals surface area contributed by atoms with Crippen LogP contribution in [0.5, 0.6) is 11.5 Å². The first-order valence-electron chi connectivity index (χ1n) is 5.93. The second kappa shape index (κ2) is 6.47. The zero-order valence-corrected chi connectivity index (χ0v) is 10.3. The molecule has 4 heteroatoms. The third kappa shape index (κ3) is 4.24. The molecule has 4 nitrogen and oxygen atoms in total. The normalized spacial score (nSPS) is 14.5. The molecule has 17 heavy (non-hydrogen) atoms. The maximum atomic E-state index is 9.71. The fraction of sp³-hybridized carbons (Fsp3) is 0.538. The molecule has 96 valence electrons. The van der Waals surface area contributed by atoms with Gasteiger partial charge >= 0.3 is 0 Å². The van der Waals surface area contributed by atoms with Crippen molar-refractivity contribution < 1.29 is 15.3 Å². The van der Waals surface area contributed by atoms with Gasteiger partial charge in [0.05, 0.1) is 0 Å². The Balaban J connectivity index is 2.60. The number of aromatic hydroxyl groups is 2. The molecule has 0 aromatic heterocycles. The fourth-order valence-electron chi connectivity index (χ4n) is 1.90. The van der Waals surface area contributed by atoms with Gasteiger partial charge in [0.15, 0.2) is 0 Å². The van der Waals surface area contributed by atoms with Gasteiger partial charge in [0.2, 0.25) is 0 Å². The van der Waals surface area contributed by atoms with Crippen LogP contribution in [0.15, 0.2) is 18.2 Å². The number of aliphatic hydroxyl groups is 1. The van der Waals surface area contributed by atoms with Crippen molar-refractivity contribution in [1.82, 2.24) is 5.32 Å². The third-order valence-electron chi connectivity index (χ3n) is 2.81. The van der Waals surface area contributed by atoms with Crippen LogP contribution in [0.2, 0.25) is 0 Å². The van der Waals surface area contributed by atoms with Crippen LogP contribution in [-0.4, -0.2) is 28.0 Å². The third-order valence-corrected chi connectivity index (χ3v) is 2.81. The first kappa shape index (κ1) is 13.8. The first-order valence-corrected chi connectivity index (χ1v) is 5.93. The number of hydrogen-bond acceptors (Lipinski definition) is 4. The van der Waals surface area contributed by atoms with Crippen molar-refractivity contribution in [1.29, 1.82) is 0 Å². The molecular weight excluding hydrogens is 218 g/mol. The van der Waals surface area contributed by atoms with Crippen molar-refractivity contribution in [2.75, 3.05) is 6.61 Å². The minimum Gasteiger partial charge on any atom is -0.508 e.